The maximum atomic E-state index is 12.8. The molecule has 0 atom stereocenters. The van der Waals surface area contributed by atoms with E-state index in [2.05, 4.69) is 15.0 Å². The van der Waals surface area contributed by atoms with Crippen molar-refractivity contribution in [3.8, 4) is 0 Å². The van der Waals surface area contributed by atoms with Crippen LogP contribution in [0.25, 0.3) is 11.2 Å². The fourth-order valence-corrected chi connectivity index (χ4v) is 5.14. The van der Waals surface area contributed by atoms with Gasteiger partial charge < -0.3 is 4.98 Å². The van der Waals surface area contributed by atoms with E-state index >= 15 is 0 Å². The summed E-state index contributed by atoms with van der Waals surface area (Å²) in [6.07, 6.45) is 10.5. The number of carbonyl (C=O) groups is 1. The van der Waals surface area contributed by atoms with Crippen molar-refractivity contribution in [2.24, 2.45) is 11.3 Å². The highest BCUT2D eigenvalue weighted by molar-refractivity contribution is 6.36. The Bertz CT molecular complexity index is 1060. The van der Waals surface area contributed by atoms with E-state index in [1.807, 2.05) is 24.3 Å². The third kappa shape index (κ3) is 3.93. The van der Waals surface area contributed by atoms with Crippen molar-refractivity contribution >= 4 is 40.1 Å². The lowest BCUT2D eigenvalue weighted by molar-refractivity contribution is 0.0939. The van der Waals surface area contributed by atoms with Gasteiger partial charge in [-0.25, -0.2) is 9.97 Å². The molecule has 0 aliphatic heterocycles. The Hall–Kier alpha value is -1.91. The Morgan fingerprint density at radius 2 is 1.86 bits per heavy atom. The number of hydrogen-bond donors (Lipinski definition) is 1. The number of H-pyrrole nitrogens is 1. The van der Waals surface area contributed by atoms with Crippen molar-refractivity contribution in [3.05, 3.63) is 57.5 Å². The minimum atomic E-state index is 0.182. The number of Topliss-reactive ketones (excluding diaryl/α,β-unsaturated/α-hetero) is 1. The molecule has 5 rings (SSSR count). The summed E-state index contributed by atoms with van der Waals surface area (Å²) in [5.41, 5.74) is 3.53. The molecule has 2 aromatic heterocycles. The lowest BCUT2D eigenvalue weighted by Gasteiger charge is -2.27. The van der Waals surface area contributed by atoms with Crippen LogP contribution in [0.5, 0.6) is 0 Å². The van der Waals surface area contributed by atoms with Crippen LogP contribution in [-0.4, -0.2) is 20.7 Å². The number of rotatable bonds is 5. The van der Waals surface area contributed by atoms with Crippen LogP contribution in [0, 0.1) is 11.3 Å². The second-order valence-electron chi connectivity index (χ2n) is 8.73. The predicted molar refractivity (Wildman–Crippen MR) is 116 cm³/mol. The number of benzene rings is 1. The molecule has 3 aromatic rings. The number of fused-ring (bicyclic) bond motifs is 1. The molecule has 0 radical (unpaired) electrons. The highest BCUT2D eigenvalue weighted by atomic mass is 35.5. The van der Waals surface area contributed by atoms with Crippen LogP contribution < -0.4 is 0 Å². The van der Waals surface area contributed by atoms with Crippen molar-refractivity contribution in [1.82, 2.24) is 15.0 Å². The summed E-state index contributed by atoms with van der Waals surface area (Å²) < 4.78 is 0. The molecule has 29 heavy (non-hydrogen) atoms. The van der Waals surface area contributed by atoms with E-state index in [1.54, 1.807) is 6.20 Å². The SMILES string of the molecule is O=C(CC1CCC2(CC1)CC2)c1cnc2nc(Cc3c(Cl)cccc3Cl)[nH]c2c1. The molecule has 4 nitrogen and oxygen atoms in total. The van der Waals surface area contributed by atoms with Gasteiger partial charge in [0.15, 0.2) is 11.4 Å². The first-order valence-electron chi connectivity index (χ1n) is 10.3. The summed E-state index contributed by atoms with van der Waals surface area (Å²) in [5, 5.41) is 1.23. The second-order valence-corrected chi connectivity index (χ2v) is 9.54. The molecule has 0 unspecified atom stereocenters. The molecular weight excluding hydrogens is 405 g/mol. The van der Waals surface area contributed by atoms with Gasteiger partial charge in [0.25, 0.3) is 0 Å². The molecule has 2 aliphatic rings. The predicted octanol–water partition coefficient (Wildman–Crippen LogP) is 6.40. The zero-order valence-corrected chi connectivity index (χ0v) is 17.7. The Morgan fingerprint density at radius 3 is 2.55 bits per heavy atom. The fourth-order valence-electron chi connectivity index (χ4n) is 4.61. The van der Waals surface area contributed by atoms with Gasteiger partial charge in [-0.05, 0) is 73.6 Å². The zero-order chi connectivity index (χ0) is 20.0. The Kier molecular flexibility index (Phi) is 4.87. The summed E-state index contributed by atoms with van der Waals surface area (Å²) in [7, 11) is 0. The number of aromatic amines is 1. The molecule has 2 saturated carbocycles. The van der Waals surface area contributed by atoms with Gasteiger partial charge in [-0.2, -0.15) is 0 Å². The summed E-state index contributed by atoms with van der Waals surface area (Å²) in [4.78, 5) is 25.0. The van der Waals surface area contributed by atoms with Crippen LogP contribution in [0.2, 0.25) is 10.0 Å². The van der Waals surface area contributed by atoms with Gasteiger partial charge in [0.2, 0.25) is 0 Å². The van der Waals surface area contributed by atoms with Gasteiger partial charge in [0.05, 0.1) is 5.52 Å². The van der Waals surface area contributed by atoms with Crippen LogP contribution in [0.15, 0.2) is 30.5 Å². The highest BCUT2D eigenvalue weighted by Crippen LogP contribution is 2.57. The number of nitrogens with one attached hydrogen (secondary N) is 1. The number of ketones is 1. The van der Waals surface area contributed by atoms with E-state index in [0.29, 0.717) is 45.4 Å². The van der Waals surface area contributed by atoms with Crippen molar-refractivity contribution < 1.29 is 4.79 Å². The van der Waals surface area contributed by atoms with Crippen LogP contribution in [-0.2, 0) is 6.42 Å². The van der Waals surface area contributed by atoms with Gasteiger partial charge in [0, 0.05) is 34.6 Å². The van der Waals surface area contributed by atoms with Crippen molar-refractivity contribution in [2.45, 2.75) is 51.4 Å². The monoisotopic (exact) mass is 427 g/mol. The molecule has 0 amide bonds. The van der Waals surface area contributed by atoms with Crippen LogP contribution in [0.1, 0.15) is 66.7 Å². The average molecular weight is 428 g/mol. The van der Waals surface area contributed by atoms with Gasteiger partial charge in [0.1, 0.15) is 5.82 Å². The van der Waals surface area contributed by atoms with E-state index in [4.69, 9.17) is 23.2 Å². The summed E-state index contributed by atoms with van der Waals surface area (Å²) in [6, 6.07) is 7.33. The first-order chi connectivity index (χ1) is 14.0. The van der Waals surface area contributed by atoms with E-state index in [0.717, 1.165) is 16.9 Å². The molecule has 150 valence electrons. The Morgan fingerprint density at radius 1 is 1.14 bits per heavy atom. The quantitative estimate of drug-likeness (QED) is 0.479. The fraction of sp³-hybridized carbons (Fsp3) is 0.435. The molecule has 2 heterocycles. The van der Waals surface area contributed by atoms with Crippen LogP contribution in [0.4, 0.5) is 0 Å². The molecule has 0 saturated heterocycles. The lowest BCUT2D eigenvalue weighted by Crippen LogP contribution is -2.18. The Balaban J connectivity index is 1.30. The van der Waals surface area contributed by atoms with Gasteiger partial charge >= 0.3 is 0 Å². The number of halogens is 2. The number of hydrogen-bond acceptors (Lipinski definition) is 3. The normalized spacial score (nSPS) is 18.4. The smallest absolute Gasteiger partial charge is 0.177 e. The maximum absolute atomic E-state index is 12.8. The molecule has 0 bridgehead atoms. The highest BCUT2D eigenvalue weighted by Gasteiger charge is 2.44. The third-order valence-corrected chi connectivity index (χ3v) is 7.42. The number of carbonyl (C=O) groups excluding carboxylic acids is 1. The van der Waals surface area contributed by atoms with E-state index < -0.39 is 0 Å². The standard InChI is InChI=1S/C23H23Cl2N3O/c24-17-2-1-3-18(25)16(17)12-21-27-19-11-15(13-26-22(19)28-21)20(29)10-14-4-6-23(7-5-14)8-9-23/h1-3,11,13-14H,4-10,12H2,(H,26,27,28). The molecule has 1 N–H and O–H groups in total. The Labute approximate surface area is 180 Å². The van der Waals surface area contributed by atoms with Crippen LogP contribution in [0.3, 0.4) is 0 Å². The third-order valence-electron chi connectivity index (χ3n) is 6.71. The summed E-state index contributed by atoms with van der Waals surface area (Å²) in [6.45, 7) is 0. The number of nitrogens with zero attached hydrogens (tertiary/aromatic N) is 2. The van der Waals surface area contributed by atoms with Crippen LogP contribution >= 0.6 is 23.2 Å². The number of pyridine rings is 1. The minimum absolute atomic E-state index is 0.182. The average Bonchev–Trinajstić information content (AvgIpc) is 3.34. The molecule has 2 fully saturated rings. The van der Waals surface area contributed by atoms with Gasteiger partial charge in [-0.3, -0.25) is 4.79 Å². The first kappa shape index (κ1) is 19.1. The van der Waals surface area contributed by atoms with Gasteiger partial charge in [-0.1, -0.05) is 29.3 Å². The molecule has 1 spiro atoms. The second kappa shape index (κ2) is 7.41. The molecular formula is C23H23Cl2N3O. The van der Waals surface area contributed by atoms with Gasteiger partial charge in [-0.15, -0.1) is 0 Å². The summed E-state index contributed by atoms with van der Waals surface area (Å²) in [5.74, 6) is 1.43. The minimum Gasteiger partial charge on any atom is -0.340 e. The lowest BCUT2D eigenvalue weighted by atomic mass is 9.77. The molecule has 2 aliphatic carbocycles. The van der Waals surface area contributed by atoms with E-state index in [9.17, 15) is 4.79 Å². The first-order valence-corrected chi connectivity index (χ1v) is 11.1. The topological polar surface area (TPSA) is 58.6 Å². The van der Waals surface area contributed by atoms with E-state index in [-0.39, 0.29) is 5.78 Å². The van der Waals surface area contributed by atoms with Crippen molar-refractivity contribution in [1.29, 1.82) is 0 Å². The maximum Gasteiger partial charge on any atom is 0.177 e. The van der Waals surface area contributed by atoms with Crippen molar-refractivity contribution in [3.63, 3.8) is 0 Å². The summed E-state index contributed by atoms with van der Waals surface area (Å²) >= 11 is 12.5. The molecule has 6 heteroatoms. The van der Waals surface area contributed by atoms with E-state index in [1.165, 1.54) is 38.5 Å². The number of imidazole rings is 1. The van der Waals surface area contributed by atoms with Crippen molar-refractivity contribution in [2.75, 3.05) is 0 Å². The molecule has 1 aromatic carbocycles. The number of aromatic nitrogens is 3. The zero-order valence-electron chi connectivity index (χ0n) is 16.2. The largest absolute Gasteiger partial charge is 0.340 e.